The number of hydrogen-bond acceptors (Lipinski definition) is 5. The van der Waals surface area contributed by atoms with E-state index in [-0.39, 0.29) is 5.78 Å². The van der Waals surface area contributed by atoms with E-state index >= 15 is 0 Å². The summed E-state index contributed by atoms with van der Waals surface area (Å²) in [5.74, 6) is 1.83. The lowest BCUT2D eigenvalue weighted by molar-refractivity contribution is 0.101. The monoisotopic (exact) mass is 354 g/mol. The maximum absolute atomic E-state index is 12.2. The van der Waals surface area contributed by atoms with Crippen molar-refractivity contribution in [1.82, 2.24) is 19.7 Å². The molecule has 128 valence electrons. The number of nitrogens with zero attached hydrogens (tertiary/aromatic N) is 3. The summed E-state index contributed by atoms with van der Waals surface area (Å²) in [6.07, 6.45) is 3.52. The number of ether oxygens (including phenoxy) is 1. The van der Waals surface area contributed by atoms with Gasteiger partial charge in [-0.2, -0.15) is 0 Å². The van der Waals surface area contributed by atoms with Crippen LogP contribution in [0.15, 0.2) is 60.4 Å². The van der Waals surface area contributed by atoms with Crippen LogP contribution in [0.2, 0.25) is 0 Å². The molecule has 2 heterocycles. The van der Waals surface area contributed by atoms with Crippen molar-refractivity contribution >= 4 is 17.5 Å². The van der Waals surface area contributed by atoms with E-state index in [2.05, 4.69) is 21.8 Å². The number of aromatic nitrogens is 4. The molecule has 0 aliphatic heterocycles. The number of carbonyl (C=O) groups excluding carboxylic acids is 1. The summed E-state index contributed by atoms with van der Waals surface area (Å²) in [7, 11) is 1.63. The van der Waals surface area contributed by atoms with E-state index in [1.165, 1.54) is 11.8 Å². The fourth-order valence-electron chi connectivity index (χ4n) is 2.35. The molecular weight excluding hydrogens is 336 g/mol. The Bertz CT molecular complexity index is 854. The number of methoxy groups -OCH3 is 1. The summed E-state index contributed by atoms with van der Waals surface area (Å²) >= 11 is 1.36. The predicted molar refractivity (Wildman–Crippen MR) is 98.1 cm³/mol. The van der Waals surface area contributed by atoms with Crippen molar-refractivity contribution in [2.75, 3.05) is 12.9 Å². The topological polar surface area (TPSA) is 72.8 Å². The van der Waals surface area contributed by atoms with E-state index in [1.54, 1.807) is 31.5 Å². The molecule has 1 aromatic carbocycles. The maximum Gasteiger partial charge on any atom is 0.192 e. The van der Waals surface area contributed by atoms with Crippen LogP contribution in [0, 0.1) is 0 Å². The third kappa shape index (κ3) is 3.83. The van der Waals surface area contributed by atoms with Gasteiger partial charge in [-0.1, -0.05) is 17.8 Å². The molecule has 0 fully saturated rings. The van der Waals surface area contributed by atoms with Crippen LogP contribution in [-0.4, -0.2) is 38.4 Å². The quantitative estimate of drug-likeness (QED) is 0.381. The second-order valence-corrected chi connectivity index (χ2v) is 6.17. The van der Waals surface area contributed by atoms with Gasteiger partial charge in [-0.3, -0.25) is 9.36 Å². The number of carbonyl (C=O) groups is 1. The van der Waals surface area contributed by atoms with Crippen LogP contribution in [-0.2, 0) is 6.54 Å². The number of Topliss-reactive ketones (excluding diaryl/α,β-unsaturated/α-hetero) is 1. The molecule has 6 nitrogen and oxygen atoms in total. The third-order valence-electron chi connectivity index (χ3n) is 3.61. The summed E-state index contributed by atoms with van der Waals surface area (Å²) in [6, 6.07) is 11.2. The number of ketones is 1. The Morgan fingerprint density at radius 2 is 2.12 bits per heavy atom. The third-order valence-corrected chi connectivity index (χ3v) is 4.57. The summed E-state index contributed by atoms with van der Waals surface area (Å²) in [5.41, 5.74) is 1.52. The van der Waals surface area contributed by atoms with Gasteiger partial charge in [0.25, 0.3) is 0 Å². The molecule has 7 heteroatoms. The fraction of sp³-hybridized carbons (Fsp3) is 0.167. The van der Waals surface area contributed by atoms with Gasteiger partial charge in [-0.15, -0.1) is 16.8 Å². The van der Waals surface area contributed by atoms with Gasteiger partial charge in [0.2, 0.25) is 0 Å². The molecule has 0 radical (unpaired) electrons. The first kappa shape index (κ1) is 17.0. The Morgan fingerprint density at radius 1 is 1.32 bits per heavy atom. The minimum Gasteiger partial charge on any atom is -0.497 e. The van der Waals surface area contributed by atoms with Gasteiger partial charge in [-0.05, 0) is 36.4 Å². The highest BCUT2D eigenvalue weighted by molar-refractivity contribution is 7.99. The molecule has 0 aliphatic rings. The lowest BCUT2D eigenvalue weighted by atomic mass is 10.2. The molecular formula is C18H18N4O2S. The normalized spacial score (nSPS) is 10.6. The molecule has 0 amide bonds. The van der Waals surface area contributed by atoms with Crippen LogP contribution in [0.1, 0.15) is 10.5 Å². The first-order valence-corrected chi connectivity index (χ1v) is 8.69. The zero-order valence-corrected chi connectivity index (χ0v) is 14.6. The number of rotatable bonds is 8. The van der Waals surface area contributed by atoms with Crippen LogP contribution in [0.5, 0.6) is 5.75 Å². The fourth-order valence-corrected chi connectivity index (χ4v) is 3.19. The van der Waals surface area contributed by atoms with Gasteiger partial charge < -0.3 is 9.72 Å². The second kappa shape index (κ2) is 7.85. The van der Waals surface area contributed by atoms with E-state index in [0.29, 0.717) is 23.1 Å². The van der Waals surface area contributed by atoms with Gasteiger partial charge in [0, 0.05) is 18.3 Å². The number of aromatic amines is 1. The number of benzene rings is 1. The van der Waals surface area contributed by atoms with Crippen LogP contribution in [0.25, 0.3) is 11.4 Å². The Labute approximate surface area is 149 Å². The summed E-state index contributed by atoms with van der Waals surface area (Å²) in [5, 5.41) is 9.21. The highest BCUT2D eigenvalue weighted by Gasteiger charge is 2.16. The Kier molecular flexibility index (Phi) is 5.35. The first-order chi connectivity index (χ1) is 12.2. The molecule has 25 heavy (non-hydrogen) atoms. The lowest BCUT2D eigenvalue weighted by Gasteiger charge is -2.08. The van der Waals surface area contributed by atoms with Crippen molar-refractivity contribution < 1.29 is 9.53 Å². The average molecular weight is 354 g/mol. The molecule has 2 aromatic heterocycles. The van der Waals surface area contributed by atoms with Gasteiger partial charge in [-0.25, -0.2) is 0 Å². The zero-order valence-electron chi connectivity index (χ0n) is 13.8. The number of hydrogen-bond donors (Lipinski definition) is 1. The number of thioether (sulfide) groups is 1. The van der Waals surface area contributed by atoms with Crippen LogP contribution in [0.3, 0.4) is 0 Å². The van der Waals surface area contributed by atoms with Crippen LogP contribution < -0.4 is 4.74 Å². The van der Waals surface area contributed by atoms with Crippen molar-refractivity contribution in [2.24, 2.45) is 0 Å². The Morgan fingerprint density at radius 3 is 2.76 bits per heavy atom. The van der Waals surface area contributed by atoms with E-state index in [9.17, 15) is 4.79 Å². The van der Waals surface area contributed by atoms with Crippen molar-refractivity contribution in [3.63, 3.8) is 0 Å². The first-order valence-electron chi connectivity index (χ1n) is 7.71. The maximum atomic E-state index is 12.2. The van der Waals surface area contributed by atoms with Gasteiger partial charge in [0.05, 0.1) is 18.6 Å². The highest BCUT2D eigenvalue weighted by atomic mass is 32.2. The zero-order chi connectivity index (χ0) is 17.6. The molecule has 3 aromatic rings. The standard InChI is InChI=1S/C18H18N4O2S/c1-3-11-22-17(13-6-8-14(24-2)9-7-13)20-21-18(22)25-12-16(23)15-5-4-10-19-15/h3-10,19H,1,11-12H2,2H3. The number of H-pyrrole nitrogens is 1. The Hall–Kier alpha value is -2.80. The number of allylic oxidation sites excluding steroid dienone is 1. The molecule has 0 spiro atoms. The molecule has 0 atom stereocenters. The minimum atomic E-state index is 0.0224. The van der Waals surface area contributed by atoms with Crippen molar-refractivity contribution in [1.29, 1.82) is 0 Å². The second-order valence-electron chi connectivity index (χ2n) is 5.23. The Balaban J connectivity index is 1.81. The molecule has 0 unspecified atom stereocenters. The summed E-state index contributed by atoms with van der Waals surface area (Å²) < 4.78 is 7.13. The van der Waals surface area contributed by atoms with Crippen molar-refractivity contribution in [3.05, 3.63) is 60.9 Å². The molecule has 1 N–H and O–H groups in total. The van der Waals surface area contributed by atoms with Crippen molar-refractivity contribution in [2.45, 2.75) is 11.7 Å². The molecule has 0 saturated heterocycles. The largest absolute Gasteiger partial charge is 0.497 e. The molecule has 0 bridgehead atoms. The summed E-state index contributed by atoms with van der Waals surface area (Å²) in [4.78, 5) is 15.1. The minimum absolute atomic E-state index is 0.0224. The van der Waals surface area contributed by atoms with Crippen LogP contribution in [0.4, 0.5) is 0 Å². The van der Waals surface area contributed by atoms with E-state index in [1.807, 2.05) is 28.8 Å². The smallest absolute Gasteiger partial charge is 0.192 e. The van der Waals surface area contributed by atoms with Gasteiger partial charge in [0.1, 0.15) is 5.75 Å². The lowest BCUT2D eigenvalue weighted by Crippen LogP contribution is -2.05. The predicted octanol–water partition coefficient (Wildman–Crippen LogP) is 3.44. The van der Waals surface area contributed by atoms with Crippen LogP contribution >= 0.6 is 11.8 Å². The van der Waals surface area contributed by atoms with E-state index in [0.717, 1.165) is 17.1 Å². The van der Waals surface area contributed by atoms with Crippen molar-refractivity contribution in [3.8, 4) is 17.1 Å². The molecule has 0 saturated carbocycles. The van der Waals surface area contributed by atoms with E-state index in [4.69, 9.17) is 4.74 Å². The average Bonchev–Trinajstić information content (AvgIpc) is 3.31. The van der Waals surface area contributed by atoms with Gasteiger partial charge in [0.15, 0.2) is 16.8 Å². The summed E-state index contributed by atoms with van der Waals surface area (Å²) in [6.45, 7) is 4.36. The molecule has 3 rings (SSSR count). The van der Waals surface area contributed by atoms with E-state index < -0.39 is 0 Å². The SMILES string of the molecule is C=CCn1c(SCC(=O)c2ccc[nH]2)nnc1-c1ccc(OC)cc1. The van der Waals surface area contributed by atoms with Gasteiger partial charge >= 0.3 is 0 Å². The molecule has 0 aliphatic carbocycles. The number of nitrogens with one attached hydrogen (secondary N) is 1. The highest BCUT2D eigenvalue weighted by Crippen LogP contribution is 2.26.